The molecule has 0 unspecified atom stereocenters. The fraction of sp³-hybridized carbons (Fsp3) is 0.300. The summed E-state index contributed by atoms with van der Waals surface area (Å²) in [6.45, 7) is 0. The molecule has 0 aromatic carbocycles. The second-order valence-corrected chi connectivity index (χ2v) is 4.10. The molecule has 2 N–H and O–H groups in total. The molecule has 0 bridgehead atoms. The molecule has 1 aromatic rings. The highest BCUT2D eigenvalue weighted by molar-refractivity contribution is 6.33. The number of amides is 1. The minimum Gasteiger partial charge on any atom is -0.480 e. The molecule has 1 amide bonds. The third kappa shape index (κ3) is 1.86. The summed E-state index contributed by atoms with van der Waals surface area (Å²) in [7, 11) is 0. The van der Waals surface area contributed by atoms with E-state index in [1.165, 1.54) is 18.5 Å². The van der Waals surface area contributed by atoms with Gasteiger partial charge in [-0.15, -0.1) is 0 Å². The van der Waals surface area contributed by atoms with Crippen molar-refractivity contribution in [3.05, 3.63) is 29.0 Å². The Balaban J connectivity index is 2.16. The van der Waals surface area contributed by atoms with Crippen molar-refractivity contribution in [2.75, 3.05) is 0 Å². The molecule has 1 saturated carbocycles. The number of carboxylic acid groups (broad SMARTS) is 1. The van der Waals surface area contributed by atoms with E-state index >= 15 is 0 Å². The van der Waals surface area contributed by atoms with E-state index < -0.39 is 17.4 Å². The van der Waals surface area contributed by atoms with Crippen molar-refractivity contribution in [3.63, 3.8) is 0 Å². The number of aromatic nitrogens is 1. The van der Waals surface area contributed by atoms with E-state index in [1.807, 2.05) is 0 Å². The summed E-state index contributed by atoms with van der Waals surface area (Å²) in [6, 6.07) is 1.48. The SMILES string of the molecule is O=C(NC1(C(=O)O)CC1)c1cnccc1Cl. The molecule has 0 atom stereocenters. The number of carboxylic acids is 1. The van der Waals surface area contributed by atoms with Crippen LogP contribution in [0.2, 0.25) is 5.02 Å². The Labute approximate surface area is 96.4 Å². The lowest BCUT2D eigenvalue weighted by atomic mass is 10.2. The van der Waals surface area contributed by atoms with E-state index in [-0.39, 0.29) is 10.6 Å². The quantitative estimate of drug-likeness (QED) is 0.829. The van der Waals surface area contributed by atoms with E-state index in [0.29, 0.717) is 12.8 Å². The fourth-order valence-electron chi connectivity index (χ4n) is 1.35. The number of carbonyl (C=O) groups excluding carboxylic acids is 1. The first-order valence-corrected chi connectivity index (χ1v) is 5.08. The summed E-state index contributed by atoms with van der Waals surface area (Å²) < 4.78 is 0. The van der Waals surface area contributed by atoms with Crippen LogP contribution in [-0.4, -0.2) is 27.5 Å². The summed E-state index contributed by atoms with van der Waals surface area (Å²) in [5, 5.41) is 11.6. The summed E-state index contributed by atoms with van der Waals surface area (Å²) in [5.74, 6) is -1.51. The van der Waals surface area contributed by atoms with E-state index in [4.69, 9.17) is 16.7 Å². The van der Waals surface area contributed by atoms with Crippen molar-refractivity contribution in [1.82, 2.24) is 10.3 Å². The Morgan fingerprint density at radius 2 is 2.19 bits per heavy atom. The summed E-state index contributed by atoms with van der Waals surface area (Å²) in [5.41, 5.74) is -0.910. The van der Waals surface area contributed by atoms with E-state index in [9.17, 15) is 9.59 Å². The normalized spacial score (nSPS) is 16.6. The Bertz CT molecular complexity index is 457. The average molecular weight is 241 g/mol. The van der Waals surface area contributed by atoms with Gasteiger partial charge >= 0.3 is 5.97 Å². The molecule has 0 aliphatic heterocycles. The van der Waals surface area contributed by atoms with Crippen LogP contribution in [0.3, 0.4) is 0 Å². The molecular weight excluding hydrogens is 232 g/mol. The maximum absolute atomic E-state index is 11.7. The standard InChI is InChI=1S/C10H9ClN2O3/c11-7-1-4-12-5-6(7)8(14)13-10(2-3-10)9(15)16/h1,4-5H,2-3H2,(H,13,14)(H,15,16). The molecule has 2 rings (SSSR count). The van der Waals surface area contributed by atoms with Gasteiger partial charge in [-0.2, -0.15) is 0 Å². The number of pyridine rings is 1. The first-order chi connectivity index (χ1) is 7.55. The molecule has 1 aliphatic rings. The topological polar surface area (TPSA) is 79.3 Å². The second-order valence-electron chi connectivity index (χ2n) is 3.70. The van der Waals surface area contributed by atoms with Crippen LogP contribution in [0.15, 0.2) is 18.5 Å². The molecule has 1 fully saturated rings. The van der Waals surface area contributed by atoms with Gasteiger partial charge in [0.15, 0.2) is 0 Å². The number of hydrogen-bond donors (Lipinski definition) is 2. The second kappa shape index (κ2) is 3.75. The largest absolute Gasteiger partial charge is 0.480 e. The van der Waals surface area contributed by atoms with E-state index in [0.717, 1.165) is 0 Å². The van der Waals surface area contributed by atoms with Crippen LogP contribution in [0.5, 0.6) is 0 Å². The monoisotopic (exact) mass is 240 g/mol. The molecule has 1 heterocycles. The van der Waals surface area contributed by atoms with Crippen molar-refractivity contribution < 1.29 is 14.7 Å². The van der Waals surface area contributed by atoms with Gasteiger partial charge in [-0.3, -0.25) is 9.78 Å². The number of nitrogens with zero attached hydrogens (tertiary/aromatic N) is 1. The van der Waals surface area contributed by atoms with Gasteiger partial charge in [-0.05, 0) is 18.9 Å². The first kappa shape index (κ1) is 10.9. The van der Waals surface area contributed by atoms with Crippen molar-refractivity contribution in [2.24, 2.45) is 0 Å². The molecule has 0 saturated heterocycles. The van der Waals surface area contributed by atoms with Crippen LogP contribution in [0.4, 0.5) is 0 Å². The number of hydrogen-bond acceptors (Lipinski definition) is 3. The summed E-state index contributed by atoms with van der Waals surface area (Å²) >= 11 is 5.80. The fourth-order valence-corrected chi connectivity index (χ4v) is 1.54. The Morgan fingerprint density at radius 3 is 2.69 bits per heavy atom. The van der Waals surface area contributed by atoms with Crippen LogP contribution in [-0.2, 0) is 4.79 Å². The highest BCUT2D eigenvalue weighted by Gasteiger charge is 2.51. The predicted octanol–water partition coefficient (Wildman–Crippen LogP) is 1.08. The third-order valence-electron chi connectivity index (χ3n) is 2.52. The highest BCUT2D eigenvalue weighted by Crippen LogP contribution is 2.36. The molecule has 0 spiro atoms. The van der Waals surface area contributed by atoms with Crippen molar-refractivity contribution >= 4 is 23.5 Å². The van der Waals surface area contributed by atoms with Gasteiger partial charge in [0.25, 0.3) is 5.91 Å². The van der Waals surface area contributed by atoms with Crippen LogP contribution in [0.25, 0.3) is 0 Å². The zero-order chi connectivity index (χ0) is 11.8. The minimum atomic E-state index is -1.10. The third-order valence-corrected chi connectivity index (χ3v) is 2.85. The number of halogens is 1. The lowest BCUT2D eigenvalue weighted by Crippen LogP contribution is -2.43. The lowest BCUT2D eigenvalue weighted by Gasteiger charge is -2.12. The summed E-state index contributed by atoms with van der Waals surface area (Å²) in [6.07, 6.45) is 3.68. The zero-order valence-corrected chi connectivity index (χ0v) is 8.99. The minimum absolute atomic E-state index is 0.191. The summed E-state index contributed by atoms with van der Waals surface area (Å²) in [4.78, 5) is 26.4. The first-order valence-electron chi connectivity index (χ1n) is 4.71. The van der Waals surface area contributed by atoms with Crippen LogP contribution < -0.4 is 5.32 Å². The molecule has 16 heavy (non-hydrogen) atoms. The van der Waals surface area contributed by atoms with Crippen molar-refractivity contribution in [1.29, 1.82) is 0 Å². The van der Waals surface area contributed by atoms with Gasteiger partial charge in [0, 0.05) is 12.4 Å². The highest BCUT2D eigenvalue weighted by atomic mass is 35.5. The lowest BCUT2D eigenvalue weighted by molar-refractivity contribution is -0.140. The number of rotatable bonds is 3. The number of aliphatic carboxylic acids is 1. The van der Waals surface area contributed by atoms with Crippen LogP contribution >= 0.6 is 11.6 Å². The molecule has 84 valence electrons. The van der Waals surface area contributed by atoms with Crippen LogP contribution in [0.1, 0.15) is 23.2 Å². The smallest absolute Gasteiger partial charge is 0.329 e. The van der Waals surface area contributed by atoms with Crippen molar-refractivity contribution in [3.8, 4) is 0 Å². The van der Waals surface area contributed by atoms with E-state index in [1.54, 1.807) is 0 Å². The van der Waals surface area contributed by atoms with E-state index in [2.05, 4.69) is 10.3 Å². The van der Waals surface area contributed by atoms with Crippen LogP contribution in [0, 0.1) is 0 Å². The molecule has 0 radical (unpaired) electrons. The van der Waals surface area contributed by atoms with Crippen molar-refractivity contribution in [2.45, 2.75) is 18.4 Å². The predicted molar refractivity (Wildman–Crippen MR) is 56.3 cm³/mol. The zero-order valence-electron chi connectivity index (χ0n) is 8.24. The van der Waals surface area contributed by atoms with Gasteiger partial charge in [0.05, 0.1) is 10.6 Å². The number of nitrogens with one attached hydrogen (secondary N) is 1. The maximum atomic E-state index is 11.7. The van der Waals surface area contributed by atoms with Gasteiger partial charge in [-0.25, -0.2) is 4.79 Å². The van der Waals surface area contributed by atoms with Gasteiger partial charge in [-0.1, -0.05) is 11.6 Å². The average Bonchev–Trinajstić information content (AvgIpc) is 2.99. The Kier molecular flexibility index (Phi) is 2.55. The number of carbonyl (C=O) groups is 2. The Hall–Kier alpha value is -1.62. The molecule has 1 aromatic heterocycles. The molecule has 6 heteroatoms. The Morgan fingerprint density at radius 1 is 1.50 bits per heavy atom. The van der Waals surface area contributed by atoms with Gasteiger partial charge in [0.1, 0.15) is 5.54 Å². The van der Waals surface area contributed by atoms with Gasteiger partial charge < -0.3 is 10.4 Å². The van der Waals surface area contributed by atoms with Gasteiger partial charge in [0.2, 0.25) is 0 Å². The molecular formula is C10H9ClN2O3. The maximum Gasteiger partial charge on any atom is 0.329 e. The molecule has 1 aliphatic carbocycles. The molecule has 5 nitrogen and oxygen atoms in total.